The van der Waals surface area contributed by atoms with Gasteiger partial charge in [0.2, 0.25) is 0 Å². The Bertz CT molecular complexity index is 1800. The maximum absolute atomic E-state index is 5.04. The summed E-state index contributed by atoms with van der Waals surface area (Å²) in [5.74, 6) is 0.723. The third-order valence-electron chi connectivity index (χ3n) is 6.81. The molecule has 174 valence electrons. The van der Waals surface area contributed by atoms with Crippen LogP contribution in [0.15, 0.2) is 140 Å². The van der Waals surface area contributed by atoms with Gasteiger partial charge in [-0.2, -0.15) is 0 Å². The molecular formula is C34H23N3. The Hall–Kier alpha value is -5.02. The van der Waals surface area contributed by atoms with E-state index in [1.165, 1.54) is 16.3 Å². The molecule has 3 heteroatoms. The Kier molecular flexibility index (Phi) is 5.11. The van der Waals surface area contributed by atoms with Crippen LogP contribution >= 0.6 is 0 Å². The second-order valence-corrected chi connectivity index (χ2v) is 9.11. The predicted octanol–water partition coefficient (Wildman–Crippen LogP) is 8.57. The fraction of sp³-hybridized carbons (Fsp3) is 0. The fourth-order valence-electron chi connectivity index (χ4n) is 5.05. The summed E-state index contributed by atoms with van der Waals surface area (Å²) in [6.45, 7) is 0. The summed E-state index contributed by atoms with van der Waals surface area (Å²) in [7, 11) is 0. The minimum Gasteiger partial charge on any atom is -0.309 e. The van der Waals surface area contributed by atoms with E-state index in [1.807, 2.05) is 36.4 Å². The van der Waals surface area contributed by atoms with Gasteiger partial charge in [0.05, 0.1) is 22.4 Å². The highest BCUT2D eigenvalue weighted by molar-refractivity contribution is 6.10. The second kappa shape index (κ2) is 8.89. The number of fused-ring (bicyclic) bond motifs is 3. The number of para-hydroxylation sites is 2. The predicted molar refractivity (Wildman–Crippen MR) is 153 cm³/mol. The molecule has 5 aromatic carbocycles. The number of aromatic nitrogens is 3. The Morgan fingerprint density at radius 2 is 0.973 bits per heavy atom. The summed E-state index contributed by atoms with van der Waals surface area (Å²) < 4.78 is 2.34. The Morgan fingerprint density at radius 3 is 1.70 bits per heavy atom. The highest BCUT2D eigenvalue weighted by Gasteiger charge is 2.15. The molecule has 0 amide bonds. The summed E-state index contributed by atoms with van der Waals surface area (Å²) in [5, 5.41) is 2.47. The Balaban J connectivity index is 1.48. The first-order valence-electron chi connectivity index (χ1n) is 12.4. The van der Waals surface area contributed by atoms with Crippen molar-refractivity contribution < 1.29 is 0 Å². The SMILES string of the molecule is c1ccc(-c2cc(-c3ccc4c5ccccc5n(-c5ccccc5)c4c3)nc(-c3ccccc3)n2)cc1. The van der Waals surface area contributed by atoms with Crippen LogP contribution in [-0.4, -0.2) is 14.5 Å². The molecule has 0 saturated heterocycles. The Morgan fingerprint density at radius 1 is 0.405 bits per heavy atom. The number of benzene rings is 5. The molecule has 0 bridgehead atoms. The van der Waals surface area contributed by atoms with Gasteiger partial charge in [0.1, 0.15) is 0 Å². The van der Waals surface area contributed by atoms with Crippen molar-refractivity contribution in [2.24, 2.45) is 0 Å². The fourth-order valence-corrected chi connectivity index (χ4v) is 5.05. The van der Waals surface area contributed by atoms with Gasteiger partial charge in [-0.3, -0.25) is 0 Å². The van der Waals surface area contributed by atoms with Crippen LogP contribution in [0.2, 0.25) is 0 Å². The summed E-state index contributed by atoms with van der Waals surface area (Å²) in [6, 6.07) is 48.4. The lowest BCUT2D eigenvalue weighted by Gasteiger charge is -2.11. The van der Waals surface area contributed by atoms with E-state index in [1.54, 1.807) is 0 Å². The lowest BCUT2D eigenvalue weighted by atomic mass is 10.0. The summed E-state index contributed by atoms with van der Waals surface area (Å²) in [4.78, 5) is 9.99. The van der Waals surface area contributed by atoms with E-state index in [9.17, 15) is 0 Å². The van der Waals surface area contributed by atoms with Crippen LogP contribution in [0, 0.1) is 0 Å². The van der Waals surface area contributed by atoms with Crippen molar-refractivity contribution in [1.82, 2.24) is 14.5 Å². The molecular weight excluding hydrogens is 450 g/mol. The molecule has 0 saturated carbocycles. The zero-order valence-electron chi connectivity index (χ0n) is 20.1. The van der Waals surface area contributed by atoms with Crippen molar-refractivity contribution in [3.05, 3.63) is 140 Å². The van der Waals surface area contributed by atoms with E-state index in [0.717, 1.165) is 45.1 Å². The lowest BCUT2D eigenvalue weighted by Crippen LogP contribution is -1.96. The average Bonchev–Trinajstić information content (AvgIpc) is 3.32. The van der Waals surface area contributed by atoms with E-state index in [0.29, 0.717) is 0 Å². The molecule has 0 N–H and O–H groups in total. The third-order valence-corrected chi connectivity index (χ3v) is 6.81. The van der Waals surface area contributed by atoms with E-state index in [4.69, 9.17) is 9.97 Å². The van der Waals surface area contributed by atoms with Crippen LogP contribution in [0.4, 0.5) is 0 Å². The maximum Gasteiger partial charge on any atom is 0.160 e. The third kappa shape index (κ3) is 3.78. The molecule has 7 aromatic rings. The highest BCUT2D eigenvalue weighted by atomic mass is 15.0. The first-order valence-corrected chi connectivity index (χ1v) is 12.4. The van der Waals surface area contributed by atoms with Crippen LogP contribution in [0.25, 0.3) is 61.4 Å². The van der Waals surface area contributed by atoms with Gasteiger partial charge < -0.3 is 4.57 Å². The minimum atomic E-state index is 0.723. The van der Waals surface area contributed by atoms with Gasteiger partial charge in [0, 0.05) is 33.2 Å². The summed E-state index contributed by atoms with van der Waals surface area (Å²) >= 11 is 0. The standard InChI is InChI=1S/C34H23N3/c1-4-12-24(13-5-1)30-23-31(36-34(35-30)25-14-6-2-7-15-25)26-20-21-29-28-18-10-11-19-32(28)37(33(29)22-26)27-16-8-3-9-17-27/h1-23H. The molecule has 37 heavy (non-hydrogen) atoms. The van der Waals surface area contributed by atoms with Crippen LogP contribution in [0.5, 0.6) is 0 Å². The van der Waals surface area contributed by atoms with Gasteiger partial charge in [-0.1, -0.05) is 109 Å². The maximum atomic E-state index is 5.04. The van der Waals surface area contributed by atoms with Gasteiger partial charge in [-0.25, -0.2) is 9.97 Å². The molecule has 3 nitrogen and oxygen atoms in total. The van der Waals surface area contributed by atoms with Gasteiger partial charge in [0.25, 0.3) is 0 Å². The van der Waals surface area contributed by atoms with E-state index in [2.05, 4.69) is 108 Å². The normalized spacial score (nSPS) is 11.2. The quantitative estimate of drug-likeness (QED) is 0.256. The Labute approximate surface area is 215 Å². The van der Waals surface area contributed by atoms with Crippen molar-refractivity contribution in [1.29, 1.82) is 0 Å². The molecule has 2 aromatic heterocycles. The van der Waals surface area contributed by atoms with Gasteiger partial charge in [-0.05, 0) is 30.3 Å². The smallest absolute Gasteiger partial charge is 0.160 e. The molecule has 2 heterocycles. The van der Waals surface area contributed by atoms with Crippen molar-refractivity contribution in [3.63, 3.8) is 0 Å². The first kappa shape index (κ1) is 21.3. The molecule has 0 spiro atoms. The van der Waals surface area contributed by atoms with Crippen LogP contribution < -0.4 is 0 Å². The van der Waals surface area contributed by atoms with E-state index >= 15 is 0 Å². The van der Waals surface area contributed by atoms with Crippen molar-refractivity contribution in [3.8, 4) is 39.6 Å². The van der Waals surface area contributed by atoms with Crippen LogP contribution in [0.3, 0.4) is 0 Å². The molecule has 0 radical (unpaired) electrons. The van der Waals surface area contributed by atoms with Crippen molar-refractivity contribution >= 4 is 21.8 Å². The lowest BCUT2D eigenvalue weighted by molar-refractivity contribution is 1.17. The average molecular weight is 474 g/mol. The number of nitrogens with zero attached hydrogens (tertiary/aromatic N) is 3. The second-order valence-electron chi connectivity index (χ2n) is 9.11. The molecule has 0 aliphatic heterocycles. The largest absolute Gasteiger partial charge is 0.309 e. The molecule has 0 aliphatic rings. The van der Waals surface area contributed by atoms with Crippen LogP contribution in [0.1, 0.15) is 0 Å². The number of hydrogen-bond acceptors (Lipinski definition) is 2. The molecule has 0 atom stereocenters. The van der Waals surface area contributed by atoms with Crippen LogP contribution in [-0.2, 0) is 0 Å². The first-order chi connectivity index (χ1) is 18.3. The van der Waals surface area contributed by atoms with Crippen molar-refractivity contribution in [2.75, 3.05) is 0 Å². The molecule has 7 rings (SSSR count). The van der Waals surface area contributed by atoms with Gasteiger partial charge >= 0.3 is 0 Å². The van der Waals surface area contributed by atoms with Gasteiger partial charge in [0.15, 0.2) is 5.82 Å². The minimum absolute atomic E-state index is 0.723. The zero-order valence-corrected chi connectivity index (χ0v) is 20.1. The number of hydrogen-bond donors (Lipinski definition) is 0. The molecule has 0 unspecified atom stereocenters. The van der Waals surface area contributed by atoms with Crippen molar-refractivity contribution in [2.45, 2.75) is 0 Å². The van der Waals surface area contributed by atoms with Gasteiger partial charge in [-0.15, -0.1) is 0 Å². The molecule has 0 fully saturated rings. The number of rotatable bonds is 4. The topological polar surface area (TPSA) is 30.7 Å². The van der Waals surface area contributed by atoms with E-state index < -0.39 is 0 Å². The highest BCUT2D eigenvalue weighted by Crippen LogP contribution is 2.35. The summed E-state index contributed by atoms with van der Waals surface area (Å²) in [6.07, 6.45) is 0. The monoisotopic (exact) mass is 473 g/mol. The summed E-state index contributed by atoms with van der Waals surface area (Å²) in [5.41, 5.74) is 8.44. The zero-order chi connectivity index (χ0) is 24.6. The van der Waals surface area contributed by atoms with E-state index in [-0.39, 0.29) is 0 Å². The molecule has 0 aliphatic carbocycles.